The van der Waals surface area contributed by atoms with Crippen LogP contribution in [0.2, 0.25) is 0 Å². The predicted octanol–water partition coefficient (Wildman–Crippen LogP) is 18.5. The van der Waals surface area contributed by atoms with Crippen LogP contribution in [0.25, 0.3) is 0 Å². The van der Waals surface area contributed by atoms with E-state index in [2.05, 4.69) is 32.9 Å². The Hall–Kier alpha value is -1.85. The Morgan fingerprint density at radius 1 is 0.302 bits per heavy atom. The summed E-state index contributed by atoms with van der Waals surface area (Å²) >= 11 is 0. The van der Waals surface area contributed by atoms with Crippen LogP contribution in [-0.2, 0) is 28.6 Å². The van der Waals surface area contributed by atoms with Gasteiger partial charge in [-0.2, -0.15) is 0 Å². The van der Waals surface area contributed by atoms with Gasteiger partial charge in [-0.3, -0.25) is 14.4 Å². The first-order chi connectivity index (χ1) is 31.0. The Morgan fingerprint density at radius 3 is 0.857 bits per heavy atom. The fourth-order valence-corrected chi connectivity index (χ4v) is 8.51. The topological polar surface area (TPSA) is 78.9 Å². The summed E-state index contributed by atoms with van der Waals surface area (Å²) in [6, 6.07) is 0. The molecule has 0 aromatic carbocycles. The van der Waals surface area contributed by atoms with Gasteiger partial charge in [-0.15, -0.1) is 0 Å². The molecule has 0 N–H and O–H groups in total. The molecule has 0 saturated heterocycles. The zero-order valence-corrected chi connectivity index (χ0v) is 42.6. The number of hydrogen-bond donors (Lipinski definition) is 0. The lowest BCUT2D eigenvalue weighted by Crippen LogP contribution is -2.30. The maximum absolute atomic E-state index is 12.8. The fourth-order valence-electron chi connectivity index (χ4n) is 8.51. The van der Waals surface area contributed by atoms with Gasteiger partial charge in [0, 0.05) is 19.3 Å². The molecule has 0 aromatic rings. The van der Waals surface area contributed by atoms with E-state index in [9.17, 15) is 14.4 Å². The second-order valence-corrected chi connectivity index (χ2v) is 19.2. The van der Waals surface area contributed by atoms with Crippen LogP contribution in [-0.4, -0.2) is 37.2 Å². The summed E-state index contributed by atoms with van der Waals surface area (Å²) in [4.78, 5) is 38.0. The maximum atomic E-state index is 12.8. The third-order valence-corrected chi connectivity index (χ3v) is 12.8. The number of unbranched alkanes of at least 4 members (excludes halogenated alkanes) is 39. The molecule has 63 heavy (non-hydrogen) atoms. The second kappa shape index (κ2) is 52.8. The van der Waals surface area contributed by atoms with Crippen LogP contribution in [0.3, 0.4) is 0 Å². The SMILES string of the molecule is CCCCCC/C=C\CCCC(=O)OCC(COC(=O)CCCCCCCCCCCCCCCCCCCCC)OC(=O)CCCCCCCCCCCCCCCCCCC. The lowest BCUT2D eigenvalue weighted by molar-refractivity contribution is -0.167. The molecule has 0 heterocycles. The van der Waals surface area contributed by atoms with Crippen molar-refractivity contribution in [3.05, 3.63) is 12.2 Å². The minimum absolute atomic E-state index is 0.0726. The Labute approximate surface area is 392 Å². The first-order valence-corrected chi connectivity index (χ1v) is 28.2. The van der Waals surface area contributed by atoms with Gasteiger partial charge in [0.05, 0.1) is 0 Å². The van der Waals surface area contributed by atoms with E-state index < -0.39 is 6.10 Å². The Balaban J connectivity index is 4.22. The summed E-state index contributed by atoms with van der Waals surface area (Å²) in [5.74, 6) is -0.888. The lowest BCUT2D eigenvalue weighted by atomic mass is 10.0. The molecule has 0 saturated carbocycles. The minimum Gasteiger partial charge on any atom is -0.462 e. The highest BCUT2D eigenvalue weighted by molar-refractivity contribution is 5.71. The molecule has 1 atom stereocenters. The number of esters is 3. The van der Waals surface area contributed by atoms with Crippen LogP contribution in [0.4, 0.5) is 0 Å². The summed E-state index contributed by atoms with van der Waals surface area (Å²) in [5.41, 5.74) is 0. The first-order valence-electron chi connectivity index (χ1n) is 28.2. The van der Waals surface area contributed by atoms with Gasteiger partial charge in [0.25, 0.3) is 0 Å². The highest BCUT2D eigenvalue weighted by Crippen LogP contribution is 2.17. The van der Waals surface area contributed by atoms with Crippen molar-refractivity contribution in [3.63, 3.8) is 0 Å². The standard InChI is InChI=1S/C57H108O6/c1-4-7-10-13-16-19-21-23-25-27-28-30-31-33-35-38-41-44-47-50-56(59)62-53-54(52-61-55(58)49-46-43-40-37-18-15-12-9-6-3)63-57(60)51-48-45-42-39-36-34-32-29-26-24-22-20-17-14-11-8-5-2/h37,40,54H,4-36,38-39,41-53H2,1-3H3/b40-37-. The molecular weight excluding hydrogens is 781 g/mol. The molecule has 0 aliphatic rings. The average Bonchev–Trinajstić information content (AvgIpc) is 3.28. The van der Waals surface area contributed by atoms with Crippen molar-refractivity contribution in [3.8, 4) is 0 Å². The smallest absolute Gasteiger partial charge is 0.306 e. The number of carbonyl (C=O) groups is 3. The molecule has 0 aliphatic heterocycles. The molecule has 6 nitrogen and oxygen atoms in total. The first kappa shape index (κ1) is 61.1. The van der Waals surface area contributed by atoms with Crippen LogP contribution in [0.15, 0.2) is 12.2 Å². The molecule has 1 unspecified atom stereocenters. The van der Waals surface area contributed by atoms with Crippen LogP contribution in [0, 0.1) is 0 Å². The minimum atomic E-state index is -0.774. The van der Waals surface area contributed by atoms with Gasteiger partial charge in [0.15, 0.2) is 6.10 Å². The molecule has 0 aliphatic carbocycles. The quantitative estimate of drug-likeness (QED) is 0.0262. The monoisotopic (exact) mass is 889 g/mol. The number of hydrogen-bond acceptors (Lipinski definition) is 6. The molecule has 0 rings (SSSR count). The summed E-state index contributed by atoms with van der Waals surface area (Å²) in [6.45, 7) is 6.64. The Bertz CT molecular complexity index is 978. The zero-order valence-electron chi connectivity index (χ0n) is 42.6. The molecule has 6 heteroatoms. The largest absolute Gasteiger partial charge is 0.462 e. The normalized spacial score (nSPS) is 12.0. The van der Waals surface area contributed by atoms with Crippen molar-refractivity contribution in [1.29, 1.82) is 0 Å². The molecule has 0 spiro atoms. The van der Waals surface area contributed by atoms with Crippen molar-refractivity contribution in [2.24, 2.45) is 0 Å². The van der Waals surface area contributed by atoms with Crippen molar-refractivity contribution in [2.75, 3.05) is 13.2 Å². The zero-order chi connectivity index (χ0) is 45.8. The van der Waals surface area contributed by atoms with Gasteiger partial charge >= 0.3 is 17.9 Å². The van der Waals surface area contributed by atoms with E-state index in [1.54, 1.807) is 0 Å². The maximum Gasteiger partial charge on any atom is 0.306 e. The highest BCUT2D eigenvalue weighted by Gasteiger charge is 2.19. The van der Waals surface area contributed by atoms with E-state index in [-0.39, 0.29) is 31.1 Å². The van der Waals surface area contributed by atoms with Gasteiger partial charge in [-0.05, 0) is 38.5 Å². The van der Waals surface area contributed by atoms with Crippen molar-refractivity contribution in [1.82, 2.24) is 0 Å². The molecule has 0 bridgehead atoms. The van der Waals surface area contributed by atoms with Crippen LogP contribution < -0.4 is 0 Å². The van der Waals surface area contributed by atoms with E-state index in [1.165, 1.54) is 218 Å². The predicted molar refractivity (Wildman–Crippen MR) is 270 cm³/mol. The van der Waals surface area contributed by atoms with E-state index in [0.29, 0.717) is 19.3 Å². The van der Waals surface area contributed by atoms with Crippen molar-refractivity contribution < 1.29 is 28.6 Å². The van der Waals surface area contributed by atoms with E-state index >= 15 is 0 Å². The van der Waals surface area contributed by atoms with E-state index in [1.807, 2.05) is 0 Å². The molecule has 0 radical (unpaired) electrons. The summed E-state index contributed by atoms with van der Waals surface area (Å²) in [6.07, 6.45) is 59.3. The molecular formula is C57H108O6. The molecule has 0 fully saturated rings. The third kappa shape index (κ3) is 51.0. The van der Waals surface area contributed by atoms with Crippen LogP contribution in [0.5, 0.6) is 0 Å². The molecule has 372 valence electrons. The average molecular weight is 889 g/mol. The number of rotatable bonds is 52. The van der Waals surface area contributed by atoms with E-state index in [4.69, 9.17) is 14.2 Å². The third-order valence-electron chi connectivity index (χ3n) is 12.8. The van der Waals surface area contributed by atoms with E-state index in [0.717, 1.165) is 57.8 Å². The fraction of sp³-hybridized carbons (Fsp3) is 0.912. The highest BCUT2D eigenvalue weighted by atomic mass is 16.6. The van der Waals surface area contributed by atoms with Crippen LogP contribution in [0.1, 0.15) is 316 Å². The van der Waals surface area contributed by atoms with Crippen molar-refractivity contribution in [2.45, 2.75) is 322 Å². The van der Waals surface area contributed by atoms with Gasteiger partial charge in [-0.25, -0.2) is 0 Å². The number of ether oxygens (including phenoxy) is 3. The Kier molecular flexibility index (Phi) is 51.2. The van der Waals surface area contributed by atoms with Gasteiger partial charge in [0.1, 0.15) is 13.2 Å². The molecule has 0 amide bonds. The second-order valence-electron chi connectivity index (χ2n) is 19.2. The van der Waals surface area contributed by atoms with Gasteiger partial charge < -0.3 is 14.2 Å². The van der Waals surface area contributed by atoms with Crippen LogP contribution >= 0.6 is 0 Å². The summed E-state index contributed by atoms with van der Waals surface area (Å²) in [7, 11) is 0. The number of carbonyl (C=O) groups excluding carboxylic acids is 3. The lowest BCUT2D eigenvalue weighted by Gasteiger charge is -2.18. The Morgan fingerprint density at radius 2 is 0.540 bits per heavy atom. The molecule has 0 aromatic heterocycles. The van der Waals surface area contributed by atoms with Gasteiger partial charge in [-0.1, -0.05) is 270 Å². The summed E-state index contributed by atoms with van der Waals surface area (Å²) < 4.78 is 16.8. The summed E-state index contributed by atoms with van der Waals surface area (Å²) in [5, 5.41) is 0. The van der Waals surface area contributed by atoms with Gasteiger partial charge in [0.2, 0.25) is 0 Å². The van der Waals surface area contributed by atoms with Crippen molar-refractivity contribution >= 4 is 17.9 Å². The number of allylic oxidation sites excluding steroid dienone is 2.